The van der Waals surface area contributed by atoms with E-state index in [1.165, 1.54) is 6.08 Å². The summed E-state index contributed by atoms with van der Waals surface area (Å²) in [5.41, 5.74) is 0.619. The predicted octanol–water partition coefficient (Wildman–Crippen LogP) is 1.21. The van der Waals surface area contributed by atoms with E-state index >= 15 is 0 Å². The third kappa shape index (κ3) is 6.12. The minimum absolute atomic E-state index is 0.0589. The second kappa shape index (κ2) is 10.5. The molecule has 0 spiro atoms. The molecule has 1 aliphatic heterocycles. The molecule has 0 aromatic carbocycles. The molecular formula is C20H29N2O6S+. The number of hydrogen-bond acceptors (Lipinski definition) is 7. The normalized spacial score (nSPS) is 21.3. The second-order valence-corrected chi connectivity index (χ2v) is 8.03. The Hall–Kier alpha value is -2.23. The smallest absolute Gasteiger partial charge is 0.348 e. The van der Waals surface area contributed by atoms with Gasteiger partial charge in [0.15, 0.2) is 6.54 Å². The topological polar surface area (TPSA) is 95.4 Å². The van der Waals surface area contributed by atoms with E-state index in [2.05, 4.69) is 11.9 Å². The highest BCUT2D eigenvalue weighted by Crippen LogP contribution is 2.34. The molecule has 0 bridgehead atoms. The first-order chi connectivity index (χ1) is 13.8. The summed E-state index contributed by atoms with van der Waals surface area (Å²) in [5, 5.41) is 3.08. The maximum absolute atomic E-state index is 12.6. The predicted molar refractivity (Wildman–Crippen MR) is 110 cm³/mol. The molecule has 1 aromatic heterocycles. The maximum Gasteiger partial charge on any atom is 0.348 e. The van der Waals surface area contributed by atoms with E-state index in [-0.39, 0.29) is 48.3 Å². The summed E-state index contributed by atoms with van der Waals surface area (Å²) in [4.78, 5) is 38.7. The number of amides is 1. The summed E-state index contributed by atoms with van der Waals surface area (Å²) in [6, 6.07) is 0. The summed E-state index contributed by atoms with van der Waals surface area (Å²) >= 11 is 1.01. The van der Waals surface area contributed by atoms with Gasteiger partial charge < -0.3 is 24.4 Å². The summed E-state index contributed by atoms with van der Waals surface area (Å²) in [5.74, 6) is -1.39. The highest BCUT2D eigenvalue weighted by Gasteiger charge is 2.30. The van der Waals surface area contributed by atoms with Crippen LogP contribution in [0.1, 0.15) is 46.4 Å². The molecule has 2 N–H and O–H groups in total. The average molecular weight is 426 g/mol. The quantitative estimate of drug-likeness (QED) is 0.480. The molecule has 1 aromatic rings. The van der Waals surface area contributed by atoms with Crippen LogP contribution in [0.4, 0.5) is 5.00 Å². The van der Waals surface area contributed by atoms with Gasteiger partial charge in [0, 0.05) is 0 Å². The van der Waals surface area contributed by atoms with Crippen molar-refractivity contribution in [2.75, 3.05) is 38.2 Å². The first-order valence-electron chi connectivity index (χ1n) is 9.64. The SMILES string of the molecule is C=CCOC(=O)c1sc(NC(=O)C[NH+]2C[C@H](C)O[C@@H](C)C2)c(C(=O)OCC)c1C. The molecule has 0 saturated carbocycles. The van der Waals surface area contributed by atoms with Gasteiger partial charge in [0.25, 0.3) is 5.91 Å². The van der Waals surface area contributed by atoms with Crippen molar-refractivity contribution < 1.29 is 33.5 Å². The lowest BCUT2D eigenvalue weighted by Crippen LogP contribution is -3.16. The van der Waals surface area contributed by atoms with Crippen LogP contribution in [-0.2, 0) is 19.0 Å². The molecule has 2 rings (SSSR count). The van der Waals surface area contributed by atoms with E-state index in [1.54, 1.807) is 13.8 Å². The van der Waals surface area contributed by atoms with Crippen molar-refractivity contribution in [1.82, 2.24) is 0 Å². The number of rotatable bonds is 8. The lowest BCUT2D eigenvalue weighted by molar-refractivity contribution is -0.907. The Kier molecular flexibility index (Phi) is 8.36. The van der Waals surface area contributed by atoms with Crippen LogP contribution in [0.25, 0.3) is 0 Å². The van der Waals surface area contributed by atoms with Crippen LogP contribution in [0, 0.1) is 6.92 Å². The average Bonchev–Trinajstić information content (AvgIpc) is 2.94. The van der Waals surface area contributed by atoms with Crippen LogP contribution in [0.3, 0.4) is 0 Å². The van der Waals surface area contributed by atoms with E-state index < -0.39 is 11.9 Å². The summed E-state index contributed by atoms with van der Waals surface area (Å²) in [6.07, 6.45) is 1.61. The van der Waals surface area contributed by atoms with Gasteiger partial charge in [-0.25, -0.2) is 9.59 Å². The molecule has 2 atom stereocenters. The van der Waals surface area contributed by atoms with Gasteiger partial charge in [-0.05, 0) is 33.3 Å². The Labute approximate surface area is 174 Å². The van der Waals surface area contributed by atoms with Gasteiger partial charge in [-0.15, -0.1) is 11.3 Å². The van der Waals surface area contributed by atoms with Crippen LogP contribution < -0.4 is 10.2 Å². The summed E-state index contributed by atoms with van der Waals surface area (Å²) in [7, 11) is 0. The molecule has 0 radical (unpaired) electrons. The van der Waals surface area contributed by atoms with Gasteiger partial charge in [-0.2, -0.15) is 0 Å². The fourth-order valence-corrected chi connectivity index (χ4v) is 4.48. The van der Waals surface area contributed by atoms with Crippen LogP contribution in [0.5, 0.6) is 0 Å². The van der Waals surface area contributed by atoms with E-state index in [0.29, 0.717) is 10.6 Å². The molecule has 0 aliphatic carbocycles. The van der Waals surface area contributed by atoms with Gasteiger partial charge in [-0.1, -0.05) is 12.7 Å². The Morgan fingerprint density at radius 3 is 2.48 bits per heavy atom. The highest BCUT2D eigenvalue weighted by atomic mass is 32.1. The van der Waals surface area contributed by atoms with Crippen molar-refractivity contribution in [3.8, 4) is 0 Å². The number of nitrogens with one attached hydrogen (secondary N) is 2. The largest absolute Gasteiger partial charge is 0.462 e. The molecule has 1 aliphatic rings. The molecule has 160 valence electrons. The molecule has 1 saturated heterocycles. The lowest BCUT2D eigenvalue weighted by Gasteiger charge is -2.31. The van der Waals surface area contributed by atoms with Gasteiger partial charge in [0.1, 0.15) is 41.8 Å². The number of carbonyl (C=O) groups is 3. The minimum Gasteiger partial charge on any atom is -0.462 e. The standard InChI is InChI=1S/C20H28N2O6S/c1-6-8-27-20(25)17-14(5)16(19(24)26-7-2)18(29-17)21-15(23)11-22-9-12(3)28-13(4)10-22/h6,12-13H,1,7-11H2,2-5H3,(H,21,23)/p+1/t12-,13-/m0/s1. The number of quaternary nitrogens is 1. The first kappa shape index (κ1) is 23.1. The van der Waals surface area contributed by atoms with Crippen molar-refractivity contribution in [3.63, 3.8) is 0 Å². The van der Waals surface area contributed by atoms with Crippen LogP contribution >= 0.6 is 11.3 Å². The Morgan fingerprint density at radius 2 is 1.90 bits per heavy atom. The zero-order valence-electron chi connectivity index (χ0n) is 17.3. The zero-order valence-corrected chi connectivity index (χ0v) is 18.1. The van der Waals surface area contributed by atoms with Crippen LogP contribution in [-0.4, -0.2) is 62.9 Å². The molecule has 9 heteroatoms. The number of morpholine rings is 1. The van der Waals surface area contributed by atoms with E-state index in [0.717, 1.165) is 29.3 Å². The minimum atomic E-state index is -0.583. The monoisotopic (exact) mass is 425 g/mol. The molecule has 29 heavy (non-hydrogen) atoms. The van der Waals surface area contributed by atoms with Crippen molar-refractivity contribution in [2.24, 2.45) is 0 Å². The van der Waals surface area contributed by atoms with Crippen molar-refractivity contribution in [1.29, 1.82) is 0 Å². The van der Waals surface area contributed by atoms with E-state index in [4.69, 9.17) is 14.2 Å². The van der Waals surface area contributed by atoms with Crippen molar-refractivity contribution >= 4 is 34.2 Å². The van der Waals surface area contributed by atoms with Gasteiger partial charge >= 0.3 is 11.9 Å². The molecule has 0 unspecified atom stereocenters. The second-order valence-electron chi connectivity index (χ2n) is 7.01. The highest BCUT2D eigenvalue weighted by molar-refractivity contribution is 7.18. The van der Waals surface area contributed by atoms with Crippen molar-refractivity contribution in [3.05, 3.63) is 28.7 Å². The number of hydrogen-bond donors (Lipinski definition) is 2. The molecule has 1 fully saturated rings. The maximum atomic E-state index is 12.6. The van der Waals surface area contributed by atoms with Gasteiger partial charge in [0.2, 0.25) is 0 Å². The third-order valence-electron chi connectivity index (χ3n) is 4.42. The fourth-order valence-electron chi connectivity index (χ4n) is 3.38. The number of carbonyl (C=O) groups excluding carboxylic acids is 3. The van der Waals surface area contributed by atoms with Crippen molar-refractivity contribution in [2.45, 2.75) is 39.9 Å². The Bertz CT molecular complexity index is 765. The molecule has 2 heterocycles. The summed E-state index contributed by atoms with van der Waals surface area (Å²) in [6.45, 7) is 12.8. The molecule has 8 nitrogen and oxygen atoms in total. The van der Waals surface area contributed by atoms with Crippen LogP contribution in [0.2, 0.25) is 0 Å². The van der Waals surface area contributed by atoms with E-state index in [1.807, 2.05) is 13.8 Å². The summed E-state index contributed by atoms with van der Waals surface area (Å²) < 4.78 is 15.9. The zero-order chi connectivity index (χ0) is 21.6. The third-order valence-corrected chi connectivity index (χ3v) is 5.61. The number of anilines is 1. The number of esters is 2. The molecular weight excluding hydrogens is 396 g/mol. The lowest BCUT2D eigenvalue weighted by atomic mass is 10.1. The number of ether oxygens (including phenoxy) is 3. The van der Waals surface area contributed by atoms with Crippen LogP contribution in [0.15, 0.2) is 12.7 Å². The van der Waals surface area contributed by atoms with Gasteiger partial charge in [0.05, 0.1) is 12.2 Å². The number of thiophene rings is 1. The van der Waals surface area contributed by atoms with Gasteiger partial charge in [-0.3, -0.25) is 4.79 Å². The molecule has 1 amide bonds. The first-order valence-corrected chi connectivity index (χ1v) is 10.5. The fraction of sp³-hybridized carbons (Fsp3) is 0.550. The van der Waals surface area contributed by atoms with E-state index in [9.17, 15) is 14.4 Å². The Morgan fingerprint density at radius 1 is 1.24 bits per heavy atom. The Balaban J connectivity index is 2.20.